The predicted molar refractivity (Wildman–Crippen MR) is 124 cm³/mol. The molecule has 3 heterocycles. The Morgan fingerprint density at radius 2 is 1.79 bits per heavy atom. The molecule has 1 unspecified atom stereocenters. The molecule has 182 valence electrons. The molecule has 0 amide bonds. The van der Waals surface area contributed by atoms with Gasteiger partial charge in [0.15, 0.2) is 5.78 Å². The number of furan rings is 1. The van der Waals surface area contributed by atoms with Crippen LogP contribution in [0.3, 0.4) is 0 Å². The summed E-state index contributed by atoms with van der Waals surface area (Å²) in [5.74, 6) is 1.35. The van der Waals surface area contributed by atoms with E-state index < -0.39 is 17.2 Å². The number of anilines is 1. The van der Waals surface area contributed by atoms with E-state index in [1.807, 2.05) is 30.7 Å². The number of aromatic nitrogens is 2. The minimum absolute atomic E-state index is 0.0896. The highest BCUT2D eigenvalue weighted by Crippen LogP contribution is 2.42. The Bertz CT molecular complexity index is 1140. The summed E-state index contributed by atoms with van der Waals surface area (Å²) in [4.78, 5) is 13.6. The zero-order chi connectivity index (χ0) is 24.7. The largest absolute Gasteiger partial charge is 0.467 e. The van der Waals surface area contributed by atoms with E-state index in [9.17, 15) is 18.0 Å². The van der Waals surface area contributed by atoms with Gasteiger partial charge in [-0.2, -0.15) is 18.3 Å². The van der Waals surface area contributed by atoms with Gasteiger partial charge in [-0.15, -0.1) is 0 Å². The lowest BCUT2D eigenvalue weighted by atomic mass is 9.71. The standard InChI is InChI=1S/C26H30F3N3O2/c1-5-25(6-2,17-9-11-18(12-10-17)26(27,28)29)15-21(33)19-16-30-32-23(19)31-20(14-24(32,3)4)22-8-7-13-34-22/h7-13,16,20,31H,5-6,14-15H2,1-4H3. The first-order chi connectivity index (χ1) is 16.0. The van der Waals surface area contributed by atoms with Gasteiger partial charge in [-0.3, -0.25) is 4.79 Å². The van der Waals surface area contributed by atoms with Gasteiger partial charge >= 0.3 is 6.18 Å². The minimum Gasteiger partial charge on any atom is -0.467 e. The van der Waals surface area contributed by atoms with E-state index in [4.69, 9.17) is 4.42 Å². The van der Waals surface area contributed by atoms with Crippen molar-refractivity contribution in [3.05, 3.63) is 71.3 Å². The average molecular weight is 474 g/mol. The van der Waals surface area contributed by atoms with Gasteiger partial charge in [0, 0.05) is 11.8 Å². The average Bonchev–Trinajstić information content (AvgIpc) is 3.47. The third-order valence-electron chi connectivity index (χ3n) is 7.22. The molecule has 1 aliphatic rings. The summed E-state index contributed by atoms with van der Waals surface area (Å²) in [6.45, 7) is 8.07. The van der Waals surface area contributed by atoms with Gasteiger partial charge in [-0.1, -0.05) is 26.0 Å². The number of nitrogens with one attached hydrogen (secondary N) is 1. The van der Waals surface area contributed by atoms with Gasteiger partial charge in [0.05, 0.1) is 35.2 Å². The van der Waals surface area contributed by atoms with Crippen LogP contribution in [0.15, 0.2) is 53.3 Å². The van der Waals surface area contributed by atoms with Gasteiger partial charge in [-0.25, -0.2) is 4.68 Å². The molecule has 0 spiro atoms. The van der Waals surface area contributed by atoms with Crippen molar-refractivity contribution in [3.8, 4) is 0 Å². The molecule has 0 saturated heterocycles. The van der Waals surface area contributed by atoms with Gasteiger partial charge in [-0.05, 0) is 62.9 Å². The van der Waals surface area contributed by atoms with Gasteiger partial charge < -0.3 is 9.73 Å². The van der Waals surface area contributed by atoms with Crippen molar-refractivity contribution in [2.45, 2.75) is 76.6 Å². The summed E-state index contributed by atoms with van der Waals surface area (Å²) in [5, 5.41) is 7.95. The maximum atomic E-state index is 13.6. The Balaban J connectivity index is 1.65. The van der Waals surface area contributed by atoms with Crippen molar-refractivity contribution in [2.75, 3.05) is 5.32 Å². The minimum atomic E-state index is -4.39. The summed E-state index contributed by atoms with van der Waals surface area (Å²) in [6.07, 6.45) is 0.994. The van der Waals surface area contributed by atoms with Crippen LogP contribution in [0, 0.1) is 0 Å². The monoisotopic (exact) mass is 473 g/mol. The van der Waals surface area contributed by atoms with Crippen LogP contribution in [0.1, 0.15) is 86.7 Å². The molecule has 8 heteroatoms. The number of halogens is 3. The van der Waals surface area contributed by atoms with E-state index >= 15 is 0 Å². The molecule has 2 aromatic heterocycles. The normalized spacial score (nSPS) is 17.8. The molecule has 1 aromatic carbocycles. The number of carbonyl (C=O) groups excluding carboxylic acids is 1. The number of ketones is 1. The quantitative estimate of drug-likeness (QED) is 0.371. The number of Topliss-reactive ketones (excluding diaryl/α,β-unsaturated/α-hetero) is 1. The van der Waals surface area contributed by atoms with E-state index in [0.29, 0.717) is 24.2 Å². The zero-order valence-electron chi connectivity index (χ0n) is 19.9. The number of hydrogen-bond acceptors (Lipinski definition) is 4. The molecule has 0 saturated carbocycles. The molecule has 1 atom stereocenters. The number of benzene rings is 1. The summed E-state index contributed by atoms with van der Waals surface area (Å²) in [6, 6.07) is 8.85. The highest BCUT2D eigenvalue weighted by molar-refractivity contribution is 6.01. The van der Waals surface area contributed by atoms with Crippen molar-refractivity contribution in [2.24, 2.45) is 0 Å². The Labute approximate surface area is 197 Å². The lowest BCUT2D eigenvalue weighted by molar-refractivity contribution is -0.137. The van der Waals surface area contributed by atoms with Crippen LogP contribution in [0.5, 0.6) is 0 Å². The first kappa shape index (κ1) is 24.1. The summed E-state index contributed by atoms with van der Waals surface area (Å²) in [5.41, 5.74) is -0.369. The van der Waals surface area contributed by atoms with E-state index in [0.717, 1.165) is 29.9 Å². The molecule has 0 bridgehead atoms. The van der Waals surface area contributed by atoms with E-state index in [2.05, 4.69) is 24.3 Å². The van der Waals surface area contributed by atoms with Crippen LogP contribution in [0.4, 0.5) is 19.0 Å². The molecule has 0 radical (unpaired) electrons. The number of hydrogen-bond donors (Lipinski definition) is 1. The molecule has 34 heavy (non-hydrogen) atoms. The van der Waals surface area contributed by atoms with Crippen molar-refractivity contribution >= 4 is 11.6 Å². The topological polar surface area (TPSA) is 60.1 Å². The van der Waals surface area contributed by atoms with E-state index in [1.165, 1.54) is 12.1 Å². The van der Waals surface area contributed by atoms with Gasteiger partial charge in [0.2, 0.25) is 0 Å². The van der Waals surface area contributed by atoms with E-state index in [1.54, 1.807) is 12.5 Å². The van der Waals surface area contributed by atoms with Gasteiger partial charge in [0.1, 0.15) is 11.6 Å². The molecule has 1 aliphatic heterocycles. The number of alkyl halides is 3. The number of nitrogens with zero attached hydrogens (tertiary/aromatic N) is 2. The van der Waals surface area contributed by atoms with Crippen LogP contribution in [-0.4, -0.2) is 15.6 Å². The van der Waals surface area contributed by atoms with Crippen LogP contribution in [0.2, 0.25) is 0 Å². The second kappa shape index (κ2) is 8.64. The number of rotatable bonds is 7. The number of fused-ring (bicyclic) bond motifs is 1. The molecule has 1 N–H and O–H groups in total. The second-order valence-electron chi connectivity index (χ2n) is 9.71. The molecule has 3 aromatic rings. The fraction of sp³-hybridized carbons (Fsp3) is 0.462. The van der Waals surface area contributed by atoms with Crippen LogP contribution < -0.4 is 5.32 Å². The maximum Gasteiger partial charge on any atom is 0.416 e. The molecule has 0 fully saturated rings. The third-order valence-corrected chi connectivity index (χ3v) is 7.22. The van der Waals surface area contributed by atoms with Crippen LogP contribution >= 0.6 is 0 Å². The first-order valence-electron chi connectivity index (χ1n) is 11.6. The Hall–Kier alpha value is -3.03. The zero-order valence-corrected chi connectivity index (χ0v) is 19.9. The highest BCUT2D eigenvalue weighted by atomic mass is 19.4. The second-order valence-corrected chi connectivity index (χ2v) is 9.71. The molecular formula is C26H30F3N3O2. The molecular weight excluding hydrogens is 443 g/mol. The summed E-state index contributed by atoms with van der Waals surface area (Å²) >= 11 is 0. The Morgan fingerprint density at radius 1 is 1.15 bits per heavy atom. The molecule has 4 rings (SSSR count). The van der Waals surface area contributed by atoms with Crippen molar-refractivity contribution in [3.63, 3.8) is 0 Å². The Morgan fingerprint density at radius 3 is 2.35 bits per heavy atom. The van der Waals surface area contributed by atoms with Crippen molar-refractivity contribution in [1.29, 1.82) is 0 Å². The summed E-state index contributed by atoms with van der Waals surface area (Å²) < 4.78 is 46.6. The van der Waals surface area contributed by atoms with Crippen molar-refractivity contribution < 1.29 is 22.4 Å². The van der Waals surface area contributed by atoms with Crippen molar-refractivity contribution in [1.82, 2.24) is 9.78 Å². The SMILES string of the molecule is CCC(CC)(CC(=O)c1cnn2c1NC(c1ccco1)CC2(C)C)c1ccc(C(F)(F)F)cc1. The first-order valence-corrected chi connectivity index (χ1v) is 11.6. The molecule has 0 aliphatic carbocycles. The lowest BCUT2D eigenvalue weighted by Crippen LogP contribution is -2.38. The van der Waals surface area contributed by atoms with Gasteiger partial charge in [0.25, 0.3) is 0 Å². The fourth-order valence-electron chi connectivity index (χ4n) is 5.04. The van der Waals surface area contributed by atoms with E-state index in [-0.39, 0.29) is 23.8 Å². The lowest BCUT2D eigenvalue weighted by Gasteiger charge is -2.37. The van der Waals surface area contributed by atoms with Crippen LogP contribution in [-0.2, 0) is 17.1 Å². The smallest absolute Gasteiger partial charge is 0.416 e. The maximum absolute atomic E-state index is 13.6. The third kappa shape index (κ3) is 4.26. The summed E-state index contributed by atoms with van der Waals surface area (Å²) in [7, 11) is 0. The Kier molecular flexibility index (Phi) is 6.12. The number of carbonyl (C=O) groups is 1. The molecule has 5 nitrogen and oxygen atoms in total. The highest BCUT2D eigenvalue weighted by Gasteiger charge is 2.39. The predicted octanol–water partition coefficient (Wildman–Crippen LogP) is 7.12. The van der Waals surface area contributed by atoms with Crippen LogP contribution in [0.25, 0.3) is 0 Å². The fourth-order valence-corrected chi connectivity index (χ4v) is 5.04.